The molecule has 0 saturated heterocycles. The topological polar surface area (TPSA) is 36.8 Å². The summed E-state index contributed by atoms with van der Waals surface area (Å²) >= 11 is 0. The lowest BCUT2D eigenvalue weighted by atomic mass is 9.85. The molecule has 1 aromatic rings. The molecule has 0 heterocycles. The quantitative estimate of drug-likeness (QED) is 0.728. The Morgan fingerprint density at radius 3 is 2.47 bits per heavy atom. The average molecular weight is 284 g/mol. The van der Waals surface area contributed by atoms with Crippen molar-refractivity contribution >= 4 is 0 Å². The molecule has 3 N–H and O–H groups in total. The van der Waals surface area contributed by atoms with Crippen molar-refractivity contribution in [3.05, 3.63) is 34.9 Å². The van der Waals surface area contributed by atoms with Crippen LogP contribution in [0.1, 0.15) is 56.4 Å². The molecule has 0 saturated carbocycles. The summed E-state index contributed by atoms with van der Waals surface area (Å²) in [6.45, 7) is 6.46. The second kappa shape index (κ2) is 7.28. The fraction of sp³-hybridized carbons (Fsp3) is 0.625. The average Bonchev–Trinajstić information content (AvgIpc) is 2.36. The van der Waals surface area contributed by atoms with Gasteiger partial charge in [-0.05, 0) is 63.1 Å². The maximum atomic E-state index is 10.6. The van der Waals surface area contributed by atoms with Crippen LogP contribution < -0.4 is 17.7 Å². The summed E-state index contributed by atoms with van der Waals surface area (Å²) in [5.41, 5.74) is 4.03. The minimum absolute atomic E-state index is 0. The molecule has 1 aliphatic carbocycles. The Labute approximate surface area is 123 Å². The van der Waals surface area contributed by atoms with E-state index in [1.807, 2.05) is 0 Å². The minimum Gasteiger partial charge on any atom is -1.00 e. The van der Waals surface area contributed by atoms with E-state index in [-0.39, 0.29) is 24.6 Å². The van der Waals surface area contributed by atoms with Crippen molar-refractivity contribution in [1.29, 1.82) is 0 Å². The second-order valence-corrected chi connectivity index (χ2v) is 5.93. The van der Waals surface area contributed by atoms with Crippen LogP contribution in [0.5, 0.6) is 0 Å². The smallest absolute Gasteiger partial charge is 0.131 e. The van der Waals surface area contributed by atoms with Gasteiger partial charge in [-0.1, -0.05) is 18.2 Å². The van der Waals surface area contributed by atoms with Crippen LogP contribution in [-0.4, -0.2) is 17.2 Å². The van der Waals surface area contributed by atoms with Crippen LogP contribution in [0.25, 0.3) is 0 Å². The number of benzene rings is 1. The lowest BCUT2D eigenvalue weighted by Crippen LogP contribution is -3.00. The first-order chi connectivity index (χ1) is 8.59. The van der Waals surface area contributed by atoms with Gasteiger partial charge >= 0.3 is 0 Å². The lowest BCUT2D eigenvalue weighted by molar-refractivity contribution is -0.720. The maximum Gasteiger partial charge on any atom is 0.131 e. The summed E-state index contributed by atoms with van der Waals surface area (Å²) in [7, 11) is 0. The Bertz CT molecular complexity index is 406. The van der Waals surface area contributed by atoms with Gasteiger partial charge in [0, 0.05) is 0 Å². The Morgan fingerprint density at radius 1 is 1.11 bits per heavy atom. The lowest BCUT2D eigenvalue weighted by Gasteiger charge is -2.25. The van der Waals surface area contributed by atoms with Gasteiger partial charge in [0.2, 0.25) is 0 Å². The van der Waals surface area contributed by atoms with Gasteiger partial charge in [0.25, 0.3) is 0 Å². The molecule has 0 bridgehead atoms. The van der Waals surface area contributed by atoms with Gasteiger partial charge < -0.3 is 22.8 Å². The fourth-order valence-electron chi connectivity index (χ4n) is 3.08. The summed E-state index contributed by atoms with van der Waals surface area (Å²) in [6.07, 6.45) is 4.52. The normalized spacial score (nSPS) is 17.5. The predicted octanol–water partition coefficient (Wildman–Crippen LogP) is -1.04. The van der Waals surface area contributed by atoms with Gasteiger partial charge in [-0.25, -0.2) is 0 Å². The number of nitrogens with two attached hydrogens (primary N) is 1. The Morgan fingerprint density at radius 2 is 1.79 bits per heavy atom. The number of hydrogen-bond acceptors (Lipinski definition) is 1. The largest absolute Gasteiger partial charge is 1.00 e. The molecular weight excluding hydrogens is 258 g/mol. The van der Waals surface area contributed by atoms with E-state index in [2.05, 4.69) is 44.3 Å². The zero-order chi connectivity index (χ0) is 13.1. The zero-order valence-electron chi connectivity index (χ0n) is 12.2. The molecule has 2 atom stereocenters. The Hall–Kier alpha value is -0.570. The number of hydrogen-bond donors (Lipinski definition) is 2. The van der Waals surface area contributed by atoms with Gasteiger partial charge in [-0.15, -0.1) is 0 Å². The van der Waals surface area contributed by atoms with E-state index in [1.165, 1.54) is 30.4 Å². The fourth-order valence-corrected chi connectivity index (χ4v) is 3.08. The SMILES string of the molecule is CC(C)[NH2+]C(C)C(O)c1cccc2c1CCCC2.[Cl-]. The summed E-state index contributed by atoms with van der Waals surface area (Å²) in [5, 5.41) is 12.8. The third-order valence-corrected chi connectivity index (χ3v) is 3.94. The van der Waals surface area contributed by atoms with Crippen LogP contribution >= 0.6 is 0 Å². The molecule has 19 heavy (non-hydrogen) atoms. The Balaban J connectivity index is 0.00000180. The van der Waals surface area contributed by atoms with E-state index in [0.29, 0.717) is 6.04 Å². The van der Waals surface area contributed by atoms with Gasteiger partial charge in [0.05, 0.1) is 6.04 Å². The first-order valence-corrected chi connectivity index (χ1v) is 7.23. The predicted molar refractivity (Wildman–Crippen MR) is 74.6 cm³/mol. The summed E-state index contributed by atoms with van der Waals surface area (Å²) in [5.74, 6) is 0. The molecule has 2 nitrogen and oxygen atoms in total. The van der Waals surface area contributed by atoms with Crippen molar-refractivity contribution in [3.63, 3.8) is 0 Å². The zero-order valence-corrected chi connectivity index (χ0v) is 13.0. The number of rotatable bonds is 4. The highest BCUT2D eigenvalue weighted by Gasteiger charge is 2.24. The van der Waals surface area contributed by atoms with Crippen LogP contribution in [-0.2, 0) is 12.8 Å². The van der Waals surface area contributed by atoms with Crippen molar-refractivity contribution < 1.29 is 22.8 Å². The first kappa shape index (κ1) is 16.5. The van der Waals surface area contributed by atoms with Crippen molar-refractivity contribution in [1.82, 2.24) is 0 Å². The second-order valence-electron chi connectivity index (χ2n) is 5.93. The van der Waals surface area contributed by atoms with E-state index in [0.717, 1.165) is 12.0 Å². The number of fused-ring (bicyclic) bond motifs is 1. The van der Waals surface area contributed by atoms with Gasteiger partial charge in [0.15, 0.2) is 0 Å². The van der Waals surface area contributed by atoms with E-state index < -0.39 is 0 Å². The third-order valence-electron chi connectivity index (χ3n) is 3.94. The number of halogens is 1. The van der Waals surface area contributed by atoms with Gasteiger partial charge in [-0.2, -0.15) is 0 Å². The van der Waals surface area contributed by atoms with Gasteiger partial charge in [0.1, 0.15) is 12.1 Å². The molecule has 0 radical (unpaired) electrons. The minimum atomic E-state index is -0.347. The molecule has 3 heteroatoms. The molecule has 0 amide bonds. The van der Waals surface area contributed by atoms with Crippen LogP contribution in [0, 0.1) is 0 Å². The van der Waals surface area contributed by atoms with Gasteiger partial charge in [-0.3, -0.25) is 0 Å². The van der Waals surface area contributed by atoms with E-state index in [4.69, 9.17) is 0 Å². The molecule has 0 fully saturated rings. The highest BCUT2D eigenvalue weighted by atomic mass is 35.5. The molecule has 0 aliphatic heterocycles. The molecule has 1 aromatic carbocycles. The maximum absolute atomic E-state index is 10.6. The Kier molecular flexibility index (Phi) is 6.31. The molecule has 2 unspecified atom stereocenters. The molecule has 108 valence electrons. The highest BCUT2D eigenvalue weighted by Crippen LogP contribution is 2.29. The summed E-state index contributed by atoms with van der Waals surface area (Å²) < 4.78 is 0. The standard InChI is InChI=1S/C16H25NO.ClH/c1-11(2)17-12(3)16(18)15-10-6-8-13-7-4-5-9-14(13)15;/h6,8,10-12,16-18H,4-5,7,9H2,1-3H3;1H. The van der Waals surface area contributed by atoms with Crippen LogP contribution in [0.4, 0.5) is 0 Å². The van der Waals surface area contributed by atoms with Crippen molar-refractivity contribution in [2.45, 2.75) is 64.6 Å². The number of quaternary nitrogens is 1. The van der Waals surface area contributed by atoms with E-state index in [9.17, 15) is 5.11 Å². The molecule has 1 aliphatic rings. The first-order valence-electron chi connectivity index (χ1n) is 7.23. The van der Waals surface area contributed by atoms with Crippen LogP contribution in [0.3, 0.4) is 0 Å². The monoisotopic (exact) mass is 283 g/mol. The summed E-state index contributed by atoms with van der Waals surface area (Å²) in [6, 6.07) is 7.18. The third kappa shape index (κ3) is 3.95. The number of aryl methyl sites for hydroxylation is 1. The van der Waals surface area contributed by atoms with Crippen molar-refractivity contribution in [2.24, 2.45) is 0 Å². The molecule has 2 rings (SSSR count). The summed E-state index contributed by atoms with van der Waals surface area (Å²) in [4.78, 5) is 0. The molecule has 0 spiro atoms. The number of aliphatic hydroxyl groups is 1. The van der Waals surface area contributed by atoms with Crippen molar-refractivity contribution in [2.75, 3.05) is 0 Å². The van der Waals surface area contributed by atoms with E-state index in [1.54, 1.807) is 0 Å². The van der Waals surface area contributed by atoms with E-state index >= 15 is 0 Å². The molecule has 0 aromatic heterocycles. The highest BCUT2D eigenvalue weighted by molar-refractivity contribution is 5.38. The van der Waals surface area contributed by atoms with Crippen molar-refractivity contribution in [3.8, 4) is 0 Å². The molecular formula is C16H26ClNO. The number of aliphatic hydroxyl groups excluding tert-OH is 1. The van der Waals surface area contributed by atoms with Crippen LogP contribution in [0.2, 0.25) is 0 Å². The van der Waals surface area contributed by atoms with Crippen LogP contribution in [0.15, 0.2) is 18.2 Å².